The van der Waals surface area contributed by atoms with Gasteiger partial charge in [-0.25, -0.2) is 4.39 Å². The van der Waals surface area contributed by atoms with Crippen molar-refractivity contribution >= 4 is 0 Å². The molecule has 3 heteroatoms. The van der Waals surface area contributed by atoms with Crippen LogP contribution < -0.4 is 5.32 Å². The topological polar surface area (TPSA) is 15.3 Å². The van der Waals surface area contributed by atoms with E-state index in [-0.39, 0.29) is 5.82 Å². The Hall–Kier alpha value is -1.71. The van der Waals surface area contributed by atoms with Crippen LogP contribution in [0.25, 0.3) is 0 Å². The van der Waals surface area contributed by atoms with Crippen LogP contribution in [0.15, 0.2) is 54.6 Å². The minimum Gasteiger partial charge on any atom is -0.312 e. The van der Waals surface area contributed by atoms with E-state index in [1.54, 1.807) is 12.1 Å². The third-order valence-electron chi connectivity index (χ3n) is 5.81. The summed E-state index contributed by atoms with van der Waals surface area (Å²) in [7, 11) is 0. The molecule has 2 aromatic carbocycles. The zero-order valence-corrected chi connectivity index (χ0v) is 14.7. The van der Waals surface area contributed by atoms with Gasteiger partial charge in [0.2, 0.25) is 0 Å². The molecular formula is C22H27FN2. The van der Waals surface area contributed by atoms with Crippen LogP contribution in [0.2, 0.25) is 0 Å². The van der Waals surface area contributed by atoms with Crippen molar-refractivity contribution in [1.82, 2.24) is 10.2 Å². The first-order valence-corrected chi connectivity index (χ1v) is 9.58. The van der Waals surface area contributed by atoms with E-state index in [9.17, 15) is 4.39 Å². The van der Waals surface area contributed by atoms with Crippen LogP contribution in [0.5, 0.6) is 0 Å². The van der Waals surface area contributed by atoms with Crippen LogP contribution in [0.4, 0.5) is 4.39 Å². The molecule has 1 N–H and O–H groups in total. The second-order valence-corrected chi connectivity index (χ2v) is 7.47. The molecule has 0 radical (unpaired) electrons. The number of likely N-dealkylation sites (tertiary alicyclic amines) is 1. The Bertz CT molecular complexity index is 687. The molecule has 2 nitrogen and oxygen atoms in total. The predicted molar refractivity (Wildman–Crippen MR) is 100 cm³/mol. The number of fused-ring (bicyclic) bond motifs is 1. The minimum atomic E-state index is -0.124. The van der Waals surface area contributed by atoms with Crippen LogP contribution in [0.3, 0.4) is 0 Å². The van der Waals surface area contributed by atoms with Crippen molar-refractivity contribution in [1.29, 1.82) is 0 Å². The molecule has 4 rings (SSSR count). The average Bonchev–Trinajstić information content (AvgIpc) is 2.92. The summed E-state index contributed by atoms with van der Waals surface area (Å²) in [5, 5.41) is 3.80. The highest BCUT2D eigenvalue weighted by molar-refractivity contribution is 5.26. The van der Waals surface area contributed by atoms with Crippen LogP contribution in [-0.2, 0) is 6.54 Å². The Labute approximate surface area is 150 Å². The molecule has 0 saturated carbocycles. The van der Waals surface area contributed by atoms with Crippen LogP contribution in [-0.4, -0.2) is 30.1 Å². The molecule has 2 aliphatic rings. The molecule has 0 bridgehead atoms. The van der Waals surface area contributed by atoms with Gasteiger partial charge in [-0.15, -0.1) is 0 Å². The van der Waals surface area contributed by atoms with Gasteiger partial charge < -0.3 is 5.32 Å². The van der Waals surface area contributed by atoms with E-state index in [0.29, 0.717) is 18.0 Å². The largest absolute Gasteiger partial charge is 0.312 e. The van der Waals surface area contributed by atoms with Crippen LogP contribution in [0, 0.1) is 5.82 Å². The zero-order chi connectivity index (χ0) is 17.1. The number of halogens is 1. The maximum Gasteiger partial charge on any atom is 0.123 e. The molecule has 0 aliphatic carbocycles. The second kappa shape index (κ2) is 7.67. The van der Waals surface area contributed by atoms with E-state index in [4.69, 9.17) is 0 Å². The standard InChI is InChI=1S/C22H27FN2/c23-19-11-7-10-18(14-19)20-16-25(15-17-8-3-1-4-9-17)21-12-5-2-6-13-24-22(20)21/h1,3-4,7-11,14,20-22,24H,2,5-6,12-13,15-16H2/t20-,21+,22-/m0/s1. The average molecular weight is 338 g/mol. The van der Waals surface area contributed by atoms with Gasteiger partial charge in [0.05, 0.1) is 0 Å². The summed E-state index contributed by atoms with van der Waals surface area (Å²) in [5.74, 6) is 0.240. The van der Waals surface area contributed by atoms with E-state index in [2.05, 4.69) is 46.6 Å². The fraction of sp³-hybridized carbons (Fsp3) is 0.455. The monoisotopic (exact) mass is 338 g/mol. The smallest absolute Gasteiger partial charge is 0.123 e. The van der Waals surface area contributed by atoms with Crippen molar-refractivity contribution < 1.29 is 4.39 Å². The van der Waals surface area contributed by atoms with E-state index in [1.165, 1.54) is 31.2 Å². The second-order valence-electron chi connectivity index (χ2n) is 7.47. The fourth-order valence-corrected chi connectivity index (χ4v) is 4.61. The van der Waals surface area contributed by atoms with Gasteiger partial charge in [0.1, 0.15) is 5.82 Å². The summed E-state index contributed by atoms with van der Waals surface area (Å²) < 4.78 is 13.8. The molecule has 0 unspecified atom stereocenters. The summed E-state index contributed by atoms with van der Waals surface area (Å²) in [6.45, 7) is 3.06. The lowest BCUT2D eigenvalue weighted by atomic mass is 9.88. The quantitative estimate of drug-likeness (QED) is 0.896. The van der Waals surface area contributed by atoms with Crippen molar-refractivity contribution in [2.75, 3.05) is 13.1 Å². The highest BCUT2D eigenvalue weighted by Gasteiger charge is 2.41. The summed E-state index contributed by atoms with van der Waals surface area (Å²) >= 11 is 0. The van der Waals surface area contributed by atoms with Crippen molar-refractivity contribution in [3.63, 3.8) is 0 Å². The summed E-state index contributed by atoms with van der Waals surface area (Å²) in [4.78, 5) is 2.62. The lowest BCUT2D eigenvalue weighted by molar-refractivity contribution is 0.204. The van der Waals surface area contributed by atoms with Gasteiger partial charge in [0.15, 0.2) is 0 Å². The summed E-state index contributed by atoms with van der Waals surface area (Å²) in [6.07, 6.45) is 5.08. The highest BCUT2D eigenvalue weighted by atomic mass is 19.1. The first kappa shape index (κ1) is 16.7. The van der Waals surface area contributed by atoms with Gasteiger partial charge in [-0.1, -0.05) is 55.3 Å². The van der Waals surface area contributed by atoms with Gasteiger partial charge >= 0.3 is 0 Å². The van der Waals surface area contributed by atoms with E-state index < -0.39 is 0 Å². The van der Waals surface area contributed by atoms with Crippen molar-refractivity contribution in [3.05, 3.63) is 71.5 Å². The van der Waals surface area contributed by atoms with Gasteiger partial charge in [-0.2, -0.15) is 0 Å². The van der Waals surface area contributed by atoms with Gasteiger partial charge in [0.25, 0.3) is 0 Å². The number of hydrogen-bond acceptors (Lipinski definition) is 2. The normalized spacial score (nSPS) is 27.5. The minimum absolute atomic E-state index is 0.124. The first-order valence-electron chi connectivity index (χ1n) is 9.58. The lowest BCUT2D eigenvalue weighted by Crippen LogP contribution is -2.45. The number of hydrogen-bond donors (Lipinski definition) is 1. The van der Waals surface area contributed by atoms with Gasteiger partial charge in [0, 0.05) is 31.1 Å². The van der Waals surface area contributed by atoms with Crippen molar-refractivity contribution in [3.8, 4) is 0 Å². The molecule has 0 spiro atoms. The highest BCUT2D eigenvalue weighted by Crippen LogP contribution is 2.36. The van der Waals surface area contributed by atoms with E-state index in [0.717, 1.165) is 25.2 Å². The molecule has 2 saturated heterocycles. The van der Waals surface area contributed by atoms with Crippen molar-refractivity contribution in [2.24, 2.45) is 0 Å². The molecule has 2 fully saturated rings. The summed E-state index contributed by atoms with van der Waals surface area (Å²) in [5.41, 5.74) is 2.50. The zero-order valence-electron chi connectivity index (χ0n) is 14.7. The fourth-order valence-electron chi connectivity index (χ4n) is 4.61. The number of benzene rings is 2. The maximum atomic E-state index is 13.8. The Morgan fingerprint density at radius 1 is 1.00 bits per heavy atom. The molecule has 3 atom stereocenters. The predicted octanol–water partition coefficient (Wildman–Crippen LogP) is 4.33. The molecule has 0 amide bonds. The lowest BCUT2D eigenvalue weighted by Gasteiger charge is -2.31. The molecule has 132 valence electrons. The molecule has 2 aromatic rings. The van der Waals surface area contributed by atoms with Crippen LogP contribution in [0.1, 0.15) is 42.7 Å². The molecule has 2 heterocycles. The number of nitrogens with zero attached hydrogens (tertiary/aromatic N) is 1. The number of nitrogens with one attached hydrogen (secondary N) is 1. The van der Waals surface area contributed by atoms with E-state index >= 15 is 0 Å². The van der Waals surface area contributed by atoms with Crippen molar-refractivity contribution in [2.45, 2.75) is 50.2 Å². The van der Waals surface area contributed by atoms with E-state index in [1.807, 2.05) is 6.07 Å². The molecule has 0 aromatic heterocycles. The Morgan fingerprint density at radius 3 is 2.72 bits per heavy atom. The number of rotatable bonds is 3. The third kappa shape index (κ3) is 3.78. The third-order valence-corrected chi connectivity index (χ3v) is 5.81. The SMILES string of the molecule is Fc1cccc([C@@H]2CN(Cc3ccccc3)[C@@H]3CCCCCN[C@H]32)c1. The Morgan fingerprint density at radius 2 is 1.88 bits per heavy atom. The Kier molecular flexibility index (Phi) is 5.14. The molecular weight excluding hydrogens is 311 g/mol. The Balaban J connectivity index is 1.61. The van der Waals surface area contributed by atoms with Gasteiger partial charge in [-0.3, -0.25) is 4.90 Å². The maximum absolute atomic E-state index is 13.8. The molecule has 2 aliphatic heterocycles. The molecule has 25 heavy (non-hydrogen) atoms. The van der Waals surface area contributed by atoms with Gasteiger partial charge in [-0.05, 0) is 42.6 Å². The summed E-state index contributed by atoms with van der Waals surface area (Å²) in [6, 6.07) is 18.9. The first-order chi connectivity index (χ1) is 12.3. The van der Waals surface area contributed by atoms with Crippen LogP contribution >= 0.6 is 0 Å².